The smallest absolute Gasteiger partial charge is 0.00267 e. The highest BCUT2D eigenvalue weighted by molar-refractivity contribution is 4.74. The Morgan fingerprint density at radius 2 is 1.53 bits per heavy atom. The van der Waals surface area contributed by atoms with Crippen LogP contribution in [0.3, 0.4) is 0 Å². The molecule has 1 atom stereocenters. The molecule has 0 aliphatic rings. The summed E-state index contributed by atoms with van der Waals surface area (Å²) in [6.45, 7) is 9.51. The second kappa shape index (κ2) is 6.49. The topological polar surface area (TPSA) is 6.48 Å². The van der Waals surface area contributed by atoms with Gasteiger partial charge in [-0.15, -0.1) is 0 Å². The molecule has 2 nitrogen and oxygen atoms in total. The summed E-state index contributed by atoms with van der Waals surface area (Å²) in [5.74, 6) is 0.822. The van der Waals surface area contributed by atoms with Crippen LogP contribution in [0.25, 0.3) is 0 Å². The van der Waals surface area contributed by atoms with Crippen molar-refractivity contribution in [2.24, 2.45) is 11.3 Å². The van der Waals surface area contributed by atoms with Crippen LogP contribution >= 0.6 is 0 Å². The third-order valence-corrected chi connectivity index (χ3v) is 2.71. The van der Waals surface area contributed by atoms with Crippen LogP contribution in [0, 0.1) is 11.3 Å². The van der Waals surface area contributed by atoms with E-state index in [9.17, 15) is 0 Å². The molecule has 0 saturated carbocycles. The van der Waals surface area contributed by atoms with E-state index in [0.717, 1.165) is 5.92 Å². The van der Waals surface area contributed by atoms with Crippen molar-refractivity contribution in [3.8, 4) is 0 Å². The molecular formula is C13H30N2. The van der Waals surface area contributed by atoms with Gasteiger partial charge in [0.2, 0.25) is 0 Å². The van der Waals surface area contributed by atoms with Gasteiger partial charge in [-0.1, -0.05) is 20.8 Å². The van der Waals surface area contributed by atoms with Gasteiger partial charge in [0.1, 0.15) is 0 Å². The van der Waals surface area contributed by atoms with Crippen molar-refractivity contribution in [1.82, 2.24) is 9.80 Å². The van der Waals surface area contributed by atoms with E-state index in [0.29, 0.717) is 5.41 Å². The summed E-state index contributed by atoms with van der Waals surface area (Å²) in [6.07, 6.45) is 2.63. The second-order valence-corrected chi connectivity index (χ2v) is 6.30. The van der Waals surface area contributed by atoms with Gasteiger partial charge in [-0.3, -0.25) is 0 Å². The fraction of sp³-hybridized carbons (Fsp3) is 1.00. The molecule has 92 valence electrons. The Morgan fingerprint density at radius 3 is 1.93 bits per heavy atom. The Balaban J connectivity index is 3.87. The standard InChI is InChI=1S/C13H30N2/c1-12(8-9-14(4)5)10-13(2,3)11-15(6)7/h12H,8-11H2,1-7H3. The second-order valence-electron chi connectivity index (χ2n) is 6.30. The summed E-state index contributed by atoms with van der Waals surface area (Å²) in [5, 5.41) is 0. The Hall–Kier alpha value is -0.0800. The lowest BCUT2D eigenvalue weighted by molar-refractivity contribution is 0.189. The number of rotatable bonds is 7. The molecule has 0 aromatic heterocycles. The normalized spacial score (nSPS) is 15.0. The lowest BCUT2D eigenvalue weighted by Gasteiger charge is -2.31. The largest absolute Gasteiger partial charge is 0.309 e. The van der Waals surface area contributed by atoms with Gasteiger partial charge < -0.3 is 9.80 Å². The van der Waals surface area contributed by atoms with Crippen LogP contribution in [0.15, 0.2) is 0 Å². The molecule has 0 fully saturated rings. The molecule has 15 heavy (non-hydrogen) atoms. The summed E-state index contributed by atoms with van der Waals surface area (Å²) in [7, 11) is 8.62. The minimum absolute atomic E-state index is 0.440. The maximum Gasteiger partial charge on any atom is 0.00267 e. The third kappa shape index (κ3) is 8.88. The maximum absolute atomic E-state index is 2.38. The van der Waals surface area contributed by atoms with E-state index in [2.05, 4.69) is 58.8 Å². The maximum atomic E-state index is 2.38. The van der Waals surface area contributed by atoms with E-state index in [1.54, 1.807) is 0 Å². The van der Waals surface area contributed by atoms with Crippen LogP contribution in [0.1, 0.15) is 33.6 Å². The van der Waals surface area contributed by atoms with Crippen molar-refractivity contribution in [2.75, 3.05) is 41.3 Å². The molecular weight excluding hydrogens is 184 g/mol. The highest BCUT2D eigenvalue weighted by atomic mass is 15.1. The highest BCUT2D eigenvalue weighted by Gasteiger charge is 2.21. The molecule has 0 bridgehead atoms. The number of hydrogen-bond donors (Lipinski definition) is 0. The number of hydrogen-bond acceptors (Lipinski definition) is 2. The first-order valence-electron chi connectivity index (χ1n) is 6.02. The first-order valence-corrected chi connectivity index (χ1v) is 6.02. The Morgan fingerprint density at radius 1 is 1.00 bits per heavy atom. The molecule has 0 spiro atoms. The van der Waals surface area contributed by atoms with Crippen LogP contribution in [-0.4, -0.2) is 51.1 Å². The fourth-order valence-corrected chi connectivity index (χ4v) is 2.44. The summed E-state index contributed by atoms with van der Waals surface area (Å²) in [5.41, 5.74) is 0.440. The molecule has 0 aliphatic carbocycles. The molecule has 1 unspecified atom stereocenters. The van der Waals surface area contributed by atoms with Crippen molar-refractivity contribution in [3.63, 3.8) is 0 Å². The molecule has 0 saturated heterocycles. The zero-order valence-electron chi connectivity index (χ0n) is 11.8. The average molecular weight is 214 g/mol. The lowest BCUT2D eigenvalue weighted by Crippen LogP contribution is -2.30. The van der Waals surface area contributed by atoms with E-state index in [1.165, 1.54) is 25.9 Å². The minimum Gasteiger partial charge on any atom is -0.309 e. The summed E-state index contributed by atoms with van der Waals surface area (Å²) < 4.78 is 0. The van der Waals surface area contributed by atoms with Crippen molar-refractivity contribution in [2.45, 2.75) is 33.6 Å². The first kappa shape index (κ1) is 14.9. The highest BCUT2D eigenvalue weighted by Crippen LogP contribution is 2.27. The van der Waals surface area contributed by atoms with E-state index in [4.69, 9.17) is 0 Å². The molecule has 0 aromatic carbocycles. The van der Waals surface area contributed by atoms with Gasteiger partial charge in [-0.05, 0) is 58.9 Å². The average Bonchev–Trinajstić information content (AvgIpc) is 1.96. The van der Waals surface area contributed by atoms with E-state index in [-0.39, 0.29) is 0 Å². The summed E-state index contributed by atoms with van der Waals surface area (Å²) >= 11 is 0. The Bertz CT molecular complexity index is 162. The first-order chi connectivity index (χ1) is 6.73. The van der Waals surface area contributed by atoms with Crippen LogP contribution in [0.4, 0.5) is 0 Å². The minimum atomic E-state index is 0.440. The van der Waals surface area contributed by atoms with Crippen LogP contribution in [0.2, 0.25) is 0 Å². The van der Waals surface area contributed by atoms with Gasteiger partial charge in [0, 0.05) is 6.54 Å². The summed E-state index contributed by atoms with van der Waals surface area (Å²) in [6, 6.07) is 0. The molecule has 0 heterocycles. The molecule has 0 rings (SSSR count). The quantitative estimate of drug-likeness (QED) is 0.642. The van der Waals surface area contributed by atoms with Gasteiger partial charge in [0.25, 0.3) is 0 Å². The van der Waals surface area contributed by atoms with E-state index < -0.39 is 0 Å². The molecule has 0 amide bonds. The van der Waals surface area contributed by atoms with Gasteiger partial charge in [0.15, 0.2) is 0 Å². The third-order valence-electron chi connectivity index (χ3n) is 2.71. The number of nitrogens with zero attached hydrogens (tertiary/aromatic N) is 2. The van der Waals surface area contributed by atoms with Gasteiger partial charge in [-0.25, -0.2) is 0 Å². The van der Waals surface area contributed by atoms with Crippen LogP contribution in [-0.2, 0) is 0 Å². The molecule has 0 radical (unpaired) electrons. The predicted octanol–water partition coefficient (Wildman–Crippen LogP) is 2.55. The fourth-order valence-electron chi connectivity index (χ4n) is 2.44. The molecule has 0 aliphatic heterocycles. The predicted molar refractivity (Wildman–Crippen MR) is 69.3 cm³/mol. The van der Waals surface area contributed by atoms with Gasteiger partial charge in [0.05, 0.1) is 0 Å². The zero-order chi connectivity index (χ0) is 12.1. The van der Waals surface area contributed by atoms with Gasteiger partial charge in [-0.2, -0.15) is 0 Å². The van der Waals surface area contributed by atoms with Crippen LogP contribution in [0.5, 0.6) is 0 Å². The SMILES string of the molecule is CC(CCN(C)C)CC(C)(C)CN(C)C. The molecule has 0 aromatic rings. The molecule has 0 N–H and O–H groups in total. The Labute approximate surface area is 96.6 Å². The van der Waals surface area contributed by atoms with Crippen molar-refractivity contribution >= 4 is 0 Å². The summed E-state index contributed by atoms with van der Waals surface area (Å²) in [4.78, 5) is 4.56. The van der Waals surface area contributed by atoms with Crippen molar-refractivity contribution in [3.05, 3.63) is 0 Å². The zero-order valence-corrected chi connectivity index (χ0v) is 11.8. The van der Waals surface area contributed by atoms with E-state index >= 15 is 0 Å². The monoisotopic (exact) mass is 214 g/mol. The molecule has 2 heteroatoms. The Kier molecular flexibility index (Phi) is 6.46. The van der Waals surface area contributed by atoms with Crippen LogP contribution < -0.4 is 0 Å². The van der Waals surface area contributed by atoms with Crippen molar-refractivity contribution < 1.29 is 0 Å². The van der Waals surface area contributed by atoms with Crippen molar-refractivity contribution in [1.29, 1.82) is 0 Å². The van der Waals surface area contributed by atoms with E-state index in [1.807, 2.05) is 0 Å². The van der Waals surface area contributed by atoms with Gasteiger partial charge >= 0.3 is 0 Å². The lowest BCUT2D eigenvalue weighted by atomic mass is 9.82.